The fourth-order valence-electron chi connectivity index (χ4n) is 1.94. The van der Waals surface area contributed by atoms with E-state index >= 15 is 0 Å². The summed E-state index contributed by atoms with van der Waals surface area (Å²) in [5.74, 6) is 1.81. The van der Waals surface area contributed by atoms with Gasteiger partial charge in [-0.15, -0.1) is 0 Å². The second kappa shape index (κ2) is 5.80. The number of hydrogen-bond acceptors (Lipinski definition) is 4. The molecule has 1 amide bonds. The van der Waals surface area contributed by atoms with Gasteiger partial charge in [0.15, 0.2) is 5.82 Å². The molecule has 1 aromatic heterocycles. The van der Waals surface area contributed by atoms with Crippen LogP contribution in [-0.2, 0) is 17.8 Å². The van der Waals surface area contributed by atoms with Crippen molar-refractivity contribution < 1.29 is 9.32 Å². The van der Waals surface area contributed by atoms with Crippen molar-refractivity contribution in [3.63, 3.8) is 0 Å². The molecule has 1 aromatic rings. The summed E-state index contributed by atoms with van der Waals surface area (Å²) in [4.78, 5) is 16.0. The SMILES string of the molecule is CC(C)Cc1nc(CNC(=O)C2CC=CC2)no1. The smallest absolute Gasteiger partial charge is 0.226 e. The molecule has 5 nitrogen and oxygen atoms in total. The average Bonchev–Trinajstić information content (AvgIpc) is 2.95. The van der Waals surface area contributed by atoms with Gasteiger partial charge in [-0.05, 0) is 18.8 Å². The van der Waals surface area contributed by atoms with Crippen LogP contribution < -0.4 is 5.32 Å². The standard InChI is InChI=1S/C13H19N3O2/c1-9(2)7-12-15-11(16-18-12)8-14-13(17)10-5-3-4-6-10/h3-4,9-10H,5-8H2,1-2H3,(H,14,17). The lowest BCUT2D eigenvalue weighted by Crippen LogP contribution is -2.29. The highest BCUT2D eigenvalue weighted by atomic mass is 16.5. The molecule has 0 aliphatic heterocycles. The number of aromatic nitrogens is 2. The van der Waals surface area contributed by atoms with Crippen molar-refractivity contribution >= 4 is 5.91 Å². The van der Waals surface area contributed by atoms with Crippen LogP contribution in [0.15, 0.2) is 16.7 Å². The van der Waals surface area contributed by atoms with E-state index in [0.717, 1.165) is 19.3 Å². The van der Waals surface area contributed by atoms with Crippen LogP contribution in [0.2, 0.25) is 0 Å². The molecule has 0 radical (unpaired) electrons. The third kappa shape index (κ3) is 3.42. The van der Waals surface area contributed by atoms with E-state index in [1.807, 2.05) is 12.2 Å². The van der Waals surface area contributed by atoms with Gasteiger partial charge in [-0.3, -0.25) is 4.79 Å². The molecule has 0 saturated carbocycles. The number of nitrogens with zero attached hydrogens (tertiary/aromatic N) is 2. The minimum absolute atomic E-state index is 0.0650. The monoisotopic (exact) mass is 249 g/mol. The van der Waals surface area contributed by atoms with Crippen molar-refractivity contribution in [2.45, 2.75) is 39.7 Å². The maximum Gasteiger partial charge on any atom is 0.226 e. The Hall–Kier alpha value is -1.65. The van der Waals surface area contributed by atoms with Gasteiger partial charge in [0.1, 0.15) is 0 Å². The Morgan fingerprint density at radius 3 is 2.89 bits per heavy atom. The largest absolute Gasteiger partial charge is 0.348 e. The van der Waals surface area contributed by atoms with Gasteiger partial charge in [-0.1, -0.05) is 31.2 Å². The zero-order valence-electron chi connectivity index (χ0n) is 10.8. The highest BCUT2D eigenvalue weighted by Gasteiger charge is 2.19. The molecule has 98 valence electrons. The molecular formula is C13H19N3O2. The maximum absolute atomic E-state index is 11.8. The Morgan fingerprint density at radius 2 is 2.22 bits per heavy atom. The molecule has 1 aliphatic carbocycles. The average molecular weight is 249 g/mol. The van der Waals surface area contributed by atoms with Crippen molar-refractivity contribution in [3.8, 4) is 0 Å². The van der Waals surface area contributed by atoms with Gasteiger partial charge < -0.3 is 9.84 Å². The van der Waals surface area contributed by atoms with E-state index in [0.29, 0.717) is 24.2 Å². The number of carbonyl (C=O) groups is 1. The molecule has 0 bridgehead atoms. The Balaban J connectivity index is 1.79. The number of rotatable bonds is 5. The summed E-state index contributed by atoms with van der Waals surface area (Å²) in [6, 6.07) is 0. The third-order valence-electron chi connectivity index (χ3n) is 2.89. The first-order valence-electron chi connectivity index (χ1n) is 6.39. The van der Waals surface area contributed by atoms with Gasteiger partial charge in [-0.25, -0.2) is 0 Å². The van der Waals surface area contributed by atoms with Crippen LogP contribution >= 0.6 is 0 Å². The van der Waals surface area contributed by atoms with Crippen LogP contribution in [0.25, 0.3) is 0 Å². The Morgan fingerprint density at radius 1 is 1.50 bits per heavy atom. The van der Waals surface area contributed by atoms with E-state index in [1.165, 1.54) is 0 Å². The molecule has 18 heavy (non-hydrogen) atoms. The zero-order chi connectivity index (χ0) is 13.0. The van der Waals surface area contributed by atoms with Gasteiger partial charge in [0.25, 0.3) is 0 Å². The van der Waals surface area contributed by atoms with Gasteiger partial charge in [0, 0.05) is 12.3 Å². The van der Waals surface area contributed by atoms with Gasteiger partial charge >= 0.3 is 0 Å². The highest BCUT2D eigenvalue weighted by Crippen LogP contribution is 2.17. The number of carbonyl (C=O) groups excluding carboxylic acids is 1. The zero-order valence-corrected chi connectivity index (χ0v) is 10.8. The third-order valence-corrected chi connectivity index (χ3v) is 2.89. The summed E-state index contributed by atoms with van der Waals surface area (Å²) >= 11 is 0. The lowest BCUT2D eigenvalue weighted by Gasteiger charge is -2.08. The topological polar surface area (TPSA) is 68.0 Å². The Kier molecular flexibility index (Phi) is 4.12. The Labute approximate surface area is 107 Å². The normalized spacial score (nSPS) is 15.5. The summed E-state index contributed by atoms with van der Waals surface area (Å²) in [6.07, 6.45) is 6.51. The van der Waals surface area contributed by atoms with Gasteiger partial charge in [0.05, 0.1) is 6.54 Å². The minimum Gasteiger partial charge on any atom is -0.348 e. The molecule has 5 heteroatoms. The number of allylic oxidation sites excluding steroid dienone is 2. The van der Waals surface area contributed by atoms with E-state index in [1.54, 1.807) is 0 Å². The van der Waals surface area contributed by atoms with Crippen LogP contribution in [0.5, 0.6) is 0 Å². The predicted octanol–water partition coefficient (Wildman–Crippen LogP) is 1.85. The summed E-state index contributed by atoms with van der Waals surface area (Å²) in [7, 11) is 0. The van der Waals surface area contributed by atoms with Crippen LogP contribution in [0.4, 0.5) is 0 Å². The number of nitrogens with one attached hydrogen (secondary N) is 1. The molecule has 0 saturated heterocycles. The fourth-order valence-corrected chi connectivity index (χ4v) is 1.94. The van der Waals surface area contributed by atoms with Crippen LogP contribution in [0.1, 0.15) is 38.4 Å². The summed E-state index contributed by atoms with van der Waals surface area (Å²) in [5.41, 5.74) is 0. The van der Waals surface area contributed by atoms with Crippen molar-refractivity contribution in [3.05, 3.63) is 23.9 Å². The van der Waals surface area contributed by atoms with Crippen molar-refractivity contribution in [1.82, 2.24) is 15.5 Å². The molecule has 0 fully saturated rings. The van der Waals surface area contributed by atoms with Crippen molar-refractivity contribution in [1.29, 1.82) is 0 Å². The summed E-state index contributed by atoms with van der Waals surface area (Å²) in [6.45, 7) is 4.54. The maximum atomic E-state index is 11.8. The molecule has 0 spiro atoms. The molecule has 2 rings (SSSR count). The van der Waals surface area contributed by atoms with E-state index in [9.17, 15) is 4.79 Å². The lowest BCUT2D eigenvalue weighted by atomic mass is 10.1. The first-order valence-corrected chi connectivity index (χ1v) is 6.39. The van der Waals surface area contributed by atoms with Crippen LogP contribution in [0.3, 0.4) is 0 Å². The fraction of sp³-hybridized carbons (Fsp3) is 0.615. The first kappa shape index (κ1) is 12.8. The molecule has 0 unspecified atom stereocenters. The van der Waals surface area contributed by atoms with E-state index in [-0.39, 0.29) is 11.8 Å². The van der Waals surface area contributed by atoms with Gasteiger partial charge in [-0.2, -0.15) is 4.98 Å². The molecule has 0 aromatic carbocycles. The first-order chi connectivity index (χ1) is 8.65. The molecule has 1 N–H and O–H groups in total. The predicted molar refractivity (Wildman–Crippen MR) is 66.6 cm³/mol. The molecule has 1 heterocycles. The van der Waals surface area contributed by atoms with Crippen molar-refractivity contribution in [2.75, 3.05) is 0 Å². The number of amides is 1. The lowest BCUT2D eigenvalue weighted by molar-refractivity contribution is -0.124. The summed E-state index contributed by atoms with van der Waals surface area (Å²) in [5, 5.41) is 6.69. The second-order valence-electron chi connectivity index (χ2n) is 5.06. The van der Waals surface area contributed by atoms with Crippen molar-refractivity contribution in [2.24, 2.45) is 11.8 Å². The van der Waals surface area contributed by atoms with Crippen LogP contribution in [-0.4, -0.2) is 16.0 Å². The molecular weight excluding hydrogens is 230 g/mol. The van der Waals surface area contributed by atoms with Gasteiger partial charge in [0.2, 0.25) is 11.8 Å². The quantitative estimate of drug-likeness (QED) is 0.809. The molecule has 1 aliphatic rings. The highest BCUT2D eigenvalue weighted by molar-refractivity contribution is 5.79. The van der Waals surface area contributed by atoms with E-state index < -0.39 is 0 Å². The minimum atomic E-state index is 0.0650. The Bertz CT molecular complexity index is 429. The van der Waals surface area contributed by atoms with E-state index in [4.69, 9.17) is 4.52 Å². The summed E-state index contributed by atoms with van der Waals surface area (Å²) < 4.78 is 5.11. The molecule has 0 atom stereocenters. The number of hydrogen-bond donors (Lipinski definition) is 1. The van der Waals surface area contributed by atoms with E-state index in [2.05, 4.69) is 29.3 Å². The van der Waals surface area contributed by atoms with Crippen LogP contribution in [0, 0.1) is 11.8 Å². The second-order valence-corrected chi connectivity index (χ2v) is 5.06.